The molecule has 0 aliphatic carbocycles. The summed E-state index contributed by atoms with van der Waals surface area (Å²) in [5, 5.41) is 19.4. The molecular formula is C12H14O6. The van der Waals surface area contributed by atoms with Gasteiger partial charge in [0.05, 0.1) is 13.7 Å². The zero-order valence-electron chi connectivity index (χ0n) is 10.3. The number of benzene rings is 1. The number of cyclic esters (lactones) is 1. The lowest BCUT2D eigenvalue weighted by Gasteiger charge is -2.16. The molecule has 0 saturated heterocycles. The van der Waals surface area contributed by atoms with Crippen molar-refractivity contribution in [3.05, 3.63) is 22.3 Å². The first-order valence-corrected chi connectivity index (χ1v) is 5.33. The molecule has 1 aromatic carbocycles. The molecule has 0 unspecified atom stereocenters. The molecule has 2 N–H and O–H groups in total. The van der Waals surface area contributed by atoms with Crippen molar-refractivity contribution in [1.82, 2.24) is 0 Å². The van der Waals surface area contributed by atoms with Crippen molar-refractivity contribution < 1.29 is 29.2 Å². The number of fused-ring (bicyclic) bond motifs is 1. The second kappa shape index (κ2) is 4.47. The summed E-state index contributed by atoms with van der Waals surface area (Å²) in [4.78, 5) is 11.8. The lowest BCUT2D eigenvalue weighted by molar-refractivity contribution is -0.0823. The van der Waals surface area contributed by atoms with E-state index in [2.05, 4.69) is 0 Å². The zero-order chi connectivity index (χ0) is 13.4. The minimum atomic E-state index is -0.935. The molecule has 6 nitrogen and oxygen atoms in total. The van der Waals surface area contributed by atoms with E-state index >= 15 is 0 Å². The van der Waals surface area contributed by atoms with Gasteiger partial charge in [-0.15, -0.1) is 0 Å². The molecule has 0 radical (unpaired) electrons. The molecule has 2 rings (SSSR count). The quantitative estimate of drug-likeness (QED) is 0.783. The number of phenols is 1. The van der Waals surface area contributed by atoms with Crippen molar-refractivity contribution >= 4 is 5.97 Å². The monoisotopic (exact) mass is 254 g/mol. The molecular weight excluding hydrogens is 240 g/mol. The van der Waals surface area contributed by atoms with Crippen LogP contribution in [0.1, 0.15) is 33.3 Å². The van der Waals surface area contributed by atoms with Gasteiger partial charge in [0.1, 0.15) is 17.1 Å². The Morgan fingerprint density at radius 3 is 2.56 bits per heavy atom. The molecule has 0 fully saturated rings. The SMILES string of the molecule is COc1c(C)c(O)c(CO)c2c1C(=O)O[C@H]2OC. The molecule has 18 heavy (non-hydrogen) atoms. The van der Waals surface area contributed by atoms with Gasteiger partial charge in [0.25, 0.3) is 0 Å². The Balaban J connectivity index is 2.82. The topological polar surface area (TPSA) is 85.2 Å². The molecule has 0 bridgehead atoms. The lowest BCUT2D eigenvalue weighted by Crippen LogP contribution is -2.05. The molecule has 1 aliphatic rings. The molecule has 1 aliphatic heterocycles. The molecule has 1 heterocycles. The molecule has 1 atom stereocenters. The van der Waals surface area contributed by atoms with E-state index in [9.17, 15) is 15.0 Å². The number of methoxy groups -OCH3 is 2. The van der Waals surface area contributed by atoms with Crippen LogP contribution in [0.4, 0.5) is 0 Å². The summed E-state index contributed by atoms with van der Waals surface area (Å²) in [6.45, 7) is 1.18. The fourth-order valence-corrected chi connectivity index (χ4v) is 2.18. The molecule has 6 heteroatoms. The van der Waals surface area contributed by atoms with Gasteiger partial charge >= 0.3 is 5.97 Å². The van der Waals surface area contributed by atoms with E-state index in [-0.39, 0.29) is 22.6 Å². The van der Waals surface area contributed by atoms with Crippen molar-refractivity contribution in [3.63, 3.8) is 0 Å². The van der Waals surface area contributed by atoms with Gasteiger partial charge < -0.3 is 24.4 Å². The highest BCUT2D eigenvalue weighted by atomic mass is 16.7. The highest BCUT2D eigenvalue weighted by molar-refractivity contribution is 5.98. The van der Waals surface area contributed by atoms with Crippen LogP contribution >= 0.6 is 0 Å². The van der Waals surface area contributed by atoms with E-state index in [1.807, 2.05) is 0 Å². The predicted octanol–water partition coefficient (Wildman–Crippen LogP) is 1.02. The minimum absolute atomic E-state index is 0.117. The lowest BCUT2D eigenvalue weighted by atomic mass is 9.96. The van der Waals surface area contributed by atoms with Crippen LogP contribution in [0.5, 0.6) is 11.5 Å². The van der Waals surface area contributed by atoms with Gasteiger partial charge in [-0.05, 0) is 6.92 Å². The van der Waals surface area contributed by atoms with E-state index < -0.39 is 18.9 Å². The molecule has 0 spiro atoms. The fourth-order valence-electron chi connectivity index (χ4n) is 2.18. The zero-order valence-corrected chi connectivity index (χ0v) is 10.3. The van der Waals surface area contributed by atoms with Crippen LogP contribution in [-0.4, -0.2) is 30.4 Å². The first kappa shape index (κ1) is 12.7. The van der Waals surface area contributed by atoms with Crippen LogP contribution in [-0.2, 0) is 16.1 Å². The Labute approximate surface area is 104 Å². The standard InChI is InChI=1S/C12H14O6/c1-5-9(14)6(4-13)7-8(10(5)16-2)11(15)18-12(7)17-3/h12-14H,4H2,1-3H3/t12-/m1/s1. The van der Waals surface area contributed by atoms with Gasteiger partial charge in [-0.1, -0.05) is 0 Å². The molecule has 1 aromatic rings. The number of esters is 1. The summed E-state index contributed by atoms with van der Waals surface area (Å²) in [7, 11) is 2.77. The Morgan fingerprint density at radius 1 is 1.39 bits per heavy atom. The second-order valence-corrected chi connectivity index (χ2v) is 3.91. The van der Waals surface area contributed by atoms with Crippen LogP contribution in [0.3, 0.4) is 0 Å². The highest BCUT2D eigenvalue weighted by Crippen LogP contribution is 2.45. The number of hydrogen-bond donors (Lipinski definition) is 2. The van der Waals surface area contributed by atoms with Crippen molar-refractivity contribution in [2.75, 3.05) is 14.2 Å². The number of carbonyl (C=O) groups excluding carboxylic acids is 1. The summed E-state index contributed by atoms with van der Waals surface area (Å²) in [6, 6.07) is 0. The van der Waals surface area contributed by atoms with Crippen molar-refractivity contribution in [3.8, 4) is 11.5 Å². The Hall–Kier alpha value is -1.79. The maximum atomic E-state index is 11.8. The summed E-state index contributed by atoms with van der Waals surface area (Å²) >= 11 is 0. The number of rotatable bonds is 3. The number of carbonyl (C=O) groups is 1. The van der Waals surface area contributed by atoms with Crippen molar-refractivity contribution in [2.24, 2.45) is 0 Å². The first-order valence-electron chi connectivity index (χ1n) is 5.33. The summed E-state index contributed by atoms with van der Waals surface area (Å²) < 4.78 is 15.2. The third kappa shape index (κ3) is 1.53. The average Bonchev–Trinajstić information content (AvgIpc) is 2.69. The average molecular weight is 254 g/mol. The normalized spacial score (nSPS) is 17.6. The molecule has 0 aromatic heterocycles. The van der Waals surface area contributed by atoms with Gasteiger partial charge in [-0.3, -0.25) is 0 Å². The number of aliphatic hydroxyl groups excluding tert-OH is 1. The van der Waals surface area contributed by atoms with E-state index in [4.69, 9.17) is 14.2 Å². The minimum Gasteiger partial charge on any atom is -0.507 e. The number of ether oxygens (including phenoxy) is 3. The van der Waals surface area contributed by atoms with Gasteiger partial charge in [-0.2, -0.15) is 0 Å². The van der Waals surface area contributed by atoms with E-state index in [1.165, 1.54) is 14.2 Å². The Morgan fingerprint density at radius 2 is 2.06 bits per heavy atom. The third-order valence-electron chi connectivity index (χ3n) is 3.03. The second-order valence-electron chi connectivity index (χ2n) is 3.91. The van der Waals surface area contributed by atoms with Crippen molar-refractivity contribution in [2.45, 2.75) is 19.8 Å². The van der Waals surface area contributed by atoms with Gasteiger partial charge in [-0.25, -0.2) is 4.79 Å². The first-order chi connectivity index (χ1) is 8.56. The van der Waals surface area contributed by atoms with E-state index in [1.54, 1.807) is 6.92 Å². The van der Waals surface area contributed by atoms with Crippen LogP contribution in [0.15, 0.2) is 0 Å². The smallest absolute Gasteiger partial charge is 0.345 e. The third-order valence-corrected chi connectivity index (χ3v) is 3.03. The predicted molar refractivity (Wildman–Crippen MR) is 60.5 cm³/mol. The Bertz CT molecular complexity index is 508. The molecule has 98 valence electrons. The maximum absolute atomic E-state index is 11.8. The summed E-state index contributed by atoms with van der Waals surface area (Å²) in [6.07, 6.45) is -0.935. The maximum Gasteiger partial charge on any atom is 0.345 e. The van der Waals surface area contributed by atoms with Gasteiger partial charge in [0.2, 0.25) is 6.29 Å². The van der Waals surface area contributed by atoms with Crippen molar-refractivity contribution in [1.29, 1.82) is 0 Å². The number of hydrogen-bond acceptors (Lipinski definition) is 6. The largest absolute Gasteiger partial charge is 0.507 e. The van der Waals surface area contributed by atoms with Crippen LogP contribution in [0, 0.1) is 6.92 Å². The molecule has 0 amide bonds. The van der Waals surface area contributed by atoms with E-state index in [0.717, 1.165) is 0 Å². The van der Waals surface area contributed by atoms with Gasteiger partial charge in [0, 0.05) is 23.8 Å². The molecule has 0 saturated carbocycles. The number of aliphatic hydroxyl groups is 1. The fraction of sp³-hybridized carbons (Fsp3) is 0.417. The highest BCUT2D eigenvalue weighted by Gasteiger charge is 2.39. The van der Waals surface area contributed by atoms with Gasteiger partial charge in [0.15, 0.2) is 0 Å². The van der Waals surface area contributed by atoms with Crippen LogP contribution in [0.2, 0.25) is 0 Å². The summed E-state index contributed by atoms with van der Waals surface area (Å²) in [5.41, 5.74) is 1.13. The summed E-state index contributed by atoms with van der Waals surface area (Å²) in [5.74, 6) is -0.468. The Kier molecular flexibility index (Phi) is 3.14. The van der Waals surface area contributed by atoms with Crippen LogP contribution < -0.4 is 4.74 Å². The van der Waals surface area contributed by atoms with Crippen LogP contribution in [0.25, 0.3) is 0 Å². The number of aromatic hydroxyl groups is 1. The van der Waals surface area contributed by atoms with E-state index in [0.29, 0.717) is 11.1 Å².